The van der Waals surface area contributed by atoms with Crippen molar-refractivity contribution in [2.45, 2.75) is 0 Å². The zero-order chi connectivity index (χ0) is 20.2. The topological polar surface area (TPSA) is 61.4 Å². The normalized spacial score (nSPS) is 14.0. The van der Waals surface area contributed by atoms with Crippen LogP contribution >= 0.6 is 0 Å². The van der Waals surface area contributed by atoms with Crippen molar-refractivity contribution >= 4 is 23.9 Å². The van der Waals surface area contributed by atoms with Crippen molar-refractivity contribution < 1.29 is 13.6 Å². The van der Waals surface area contributed by atoms with E-state index in [1.807, 2.05) is 41.3 Å². The molecule has 0 unspecified atom stereocenters. The number of benzene rings is 2. The molecule has 1 aliphatic heterocycles. The third-order valence-electron chi connectivity index (χ3n) is 4.77. The number of carbonyl (C=O) groups excluding carboxylic acids is 1. The van der Waals surface area contributed by atoms with Gasteiger partial charge in [0.2, 0.25) is 12.4 Å². The van der Waals surface area contributed by atoms with Crippen LogP contribution in [0.2, 0.25) is 0 Å². The van der Waals surface area contributed by atoms with E-state index in [1.165, 1.54) is 18.2 Å². The molecule has 2 heterocycles. The Labute approximate surface area is 166 Å². The van der Waals surface area contributed by atoms with Crippen LogP contribution in [0, 0.1) is 11.6 Å². The molecule has 8 heteroatoms. The van der Waals surface area contributed by atoms with Crippen molar-refractivity contribution in [2.24, 2.45) is 0 Å². The second-order valence-corrected chi connectivity index (χ2v) is 6.65. The third kappa shape index (κ3) is 4.16. The summed E-state index contributed by atoms with van der Waals surface area (Å²) in [6, 6.07) is 15.0. The highest BCUT2D eigenvalue weighted by Crippen LogP contribution is 2.27. The van der Waals surface area contributed by atoms with E-state index in [4.69, 9.17) is 0 Å². The van der Waals surface area contributed by atoms with E-state index >= 15 is 0 Å². The fraction of sp³-hybridized carbons (Fsp3) is 0.190. The van der Waals surface area contributed by atoms with Crippen molar-refractivity contribution in [3.05, 3.63) is 66.2 Å². The number of piperazine rings is 1. The lowest BCUT2D eigenvalue weighted by molar-refractivity contribution is -0.118. The minimum Gasteiger partial charge on any atom is -0.353 e. The summed E-state index contributed by atoms with van der Waals surface area (Å²) in [5.41, 5.74) is 1.20. The number of hydrogen-bond donors (Lipinski definition) is 1. The summed E-state index contributed by atoms with van der Waals surface area (Å²) in [5.74, 6) is -0.716. The molecule has 1 amide bonds. The van der Waals surface area contributed by atoms with Gasteiger partial charge in [-0.05, 0) is 12.1 Å². The van der Waals surface area contributed by atoms with Crippen LogP contribution in [0.1, 0.15) is 0 Å². The molecule has 0 spiro atoms. The van der Waals surface area contributed by atoms with E-state index < -0.39 is 11.6 Å². The van der Waals surface area contributed by atoms with Gasteiger partial charge in [0.1, 0.15) is 23.1 Å². The quantitative estimate of drug-likeness (QED) is 0.671. The maximum atomic E-state index is 14.1. The average molecular weight is 395 g/mol. The molecule has 0 bridgehead atoms. The van der Waals surface area contributed by atoms with Crippen molar-refractivity contribution in [3.8, 4) is 11.3 Å². The number of aromatic nitrogens is 2. The fourth-order valence-electron chi connectivity index (χ4n) is 3.19. The number of nitrogens with zero attached hydrogens (tertiary/aromatic N) is 4. The molecule has 1 aliphatic rings. The summed E-state index contributed by atoms with van der Waals surface area (Å²) in [5, 5.41) is 2.68. The molecule has 6 nitrogen and oxygen atoms in total. The Morgan fingerprint density at radius 1 is 0.897 bits per heavy atom. The SMILES string of the molecule is O=CN1CCN(c2cc(-c3ccccc3)nc(Nc3c(F)cccc3F)n2)CC1. The standard InChI is InChI=1S/C21H19F2N5O/c22-16-7-4-8-17(23)20(16)26-21-24-18(15-5-2-1-3-6-15)13-19(25-21)28-11-9-27(14-29)10-12-28/h1-8,13-14H,9-12H2,(H,24,25,26). The second-order valence-electron chi connectivity index (χ2n) is 6.65. The van der Waals surface area contributed by atoms with Crippen LogP contribution < -0.4 is 10.2 Å². The van der Waals surface area contributed by atoms with Crippen LogP contribution in [0.4, 0.5) is 26.2 Å². The van der Waals surface area contributed by atoms with Crippen LogP contribution in [0.15, 0.2) is 54.6 Å². The molecule has 0 saturated carbocycles. The second kappa shape index (κ2) is 8.22. The summed E-state index contributed by atoms with van der Waals surface area (Å²) in [7, 11) is 0. The Morgan fingerprint density at radius 3 is 2.24 bits per heavy atom. The van der Waals surface area contributed by atoms with Gasteiger partial charge in [0.25, 0.3) is 0 Å². The van der Waals surface area contributed by atoms with Gasteiger partial charge in [-0.15, -0.1) is 0 Å². The zero-order valence-electron chi connectivity index (χ0n) is 15.6. The molecule has 1 N–H and O–H groups in total. The van der Waals surface area contributed by atoms with Crippen molar-refractivity contribution in [1.82, 2.24) is 14.9 Å². The van der Waals surface area contributed by atoms with Crippen LogP contribution in [-0.4, -0.2) is 47.5 Å². The number of halogens is 2. The maximum absolute atomic E-state index is 14.1. The number of anilines is 3. The van der Waals surface area contributed by atoms with Gasteiger partial charge in [0, 0.05) is 37.8 Å². The van der Waals surface area contributed by atoms with E-state index in [2.05, 4.69) is 15.3 Å². The van der Waals surface area contributed by atoms with Gasteiger partial charge < -0.3 is 15.1 Å². The summed E-state index contributed by atoms with van der Waals surface area (Å²) >= 11 is 0. The van der Waals surface area contributed by atoms with Gasteiger partial charge in [0.05, 0.1) is 5.69 Å². The molecular weight excluding hydrogens is 376 g/mol. The molecule has 3 aromatic rings. The molecule has 1 aromatic heterocycles. The number of nitrogens with one attached hydrogen (secondary N) is 1. The predicted molar refractivity (Wildman–Crippen MR) is 107 cm³/mol. The lowest BCUT2D eigenvalue weighted by Crippen LogP contribution is -2.46. The highest BCUT2D eigenvalue weighted by molar-refractivity contribution is 5.67. The zero-order valence-corrected chi connectivity index (χ0v) is 15.6. The number of para-hydroxylation sites is 1. The molecule has 0 atom stereocenters. The minimum atomic E-state index is -0.722. The lowest BCUT2D eigenvalue weighted by Gasteiger charge is -2.33. The number of rotatable bonds is 5. The van der Waals surface area contributed by atoms with Crippen LogP contribution in [0.3, 0.4) is 0 Å². The first-order valence-corrected chi connectivity index (χ1v) is 9.24. The highest BCUT2D eigenvalue weighted by Gasteiger charge is 2.19. The maximum Gasteiger partial charge on any atom is 0.229 e. The fourth-order valence-corrected chi connectivity index (χ4v) is 3.19. The smallest absolute Gasteiger partial charge is 0.229 e. The number of hydrogen-bond acceptors (Lipinski definition) is 5. The first-order valence-electron chi connectivity index (χ1n) is 9.24. The Kier molecular flexibility index (Phi) is 5.33. The summed E-state index contributed by atoms with van der Waals surface area (Å²) in [4.78, 5) is 23.6. The molecule has 0 radical (unpaired) electrons. The van der Waals surface area contributed by atoms with Gasteiger partial charge in [-0.1, -0.05) is 36.4 Å². The molecule has 4 rings (SSSR count). The number of amides is 1. The molecule has 29 heavy (non-hydrogen) atoms. The van der Waals surface area contributed by atoms with Gasteiger partial charge in [0.15, 0.2) is 0 Å². The van der Waals surface area contributed by atoms with Gasteiger partial charge >= 0.3 is 0 Å². The lowest BCUT2D eigenvalue weighted by atomic mass is 10.1. The van der Waals surface area contributed by atoms with Crippen LogP contribution in [0.5, 0.6) is 0 Å². The van der Waals surface area contributed by atoms with Crippen molar-refractivity contribution in [1.29, 1.82) is 0 Å². The summed E-state index contributed by atoms with van der Waals surface area (Å²) in [6.45, 7) is 2.38. The van der Waals surface area contributed by atoms with E-state index in [9.17, 15) is 13.6 Å². The molecule has 2 aromatic carbocycles. The minimum absolute atomic E-state index is 0.100. The predicted octanol–water partition coefficient (Wildman–Crippen LogP) is 3.44. The van der Waals surface area contributed by atoms with Crippen molar-refractivity contribution in [3.63, 3.8) is 0 Å². The Hall–Kier alpha value is -3.55. The Bertz CT molecular complexity index is 987. The van der Waals surface area contributed by atoms with Crippen LogP contribution in [-0.2, 0) is 4.79 Å². The van der Waals surface area contributed by atoms with Crippen molar-refractivity contribution in [2.75, 3.05) is 36.4 Å². The van der Waals surface area contributed by atoms with Gasteiger partial charge in [-0.2, -0.15) is 4.98 Å². The van der Waals surface area contributed by atoms with Gasteiger partial charge in [-0.3, -0.25) is 4.79 Å². The first-order chi connectivity index (χ1) is 14.1. The molecule has 0 aliphatic carbocycles. The van der Waals surface area contributed by atoms with Gasteiger partial charge in [-0.25, -0.2) is 13.8 Å². The Balaban J connectivity index is 1.71. The summed E-state index contributed by atoms with van der Waals surface area (Å²) in [6.07, 6.45) is 0.834. The highest BCUT2D eigenvalue weighted by atomic mass is 19.1. The van der Waals surface area contributed by atoms with Crippen LogP contribution in [0.25, 0.3) is 11.3 Å². The first kappa shape index (κ1) is 18.8. The van der Waals surface area contributed by atoms with E-state index in [1.54, 1.807) is 4.90 Å². The molecule has 1 saturated heterocycles. The molecule has 1 fully saturated rings. The van der Waals surface area contributed by atoms with E-state index in [0.29, 0.717) is 37.7 Å². The van der Waals surface area contributed by atoms with E-state index in [0.717, 1.165) is 12.0 Å². The van der Waals surface area contributed by atoms with E-state index in [-0.39, 0.29) is 11.6 Å². The molecular formula is C21H19F2N5O. The summed E-state index contributed by atoms with van der Waals surface area (Å²) < 4.78 is 28.2. The number of carbonyl (C=O) groups is 1. The monoisotopic (exact) mass is 395 g/mol. The average Bonchev–Trinajstić information content (AvgIpc) is 2.77. The third-order valence-corrected chi connectivity index (χ3v) is 4.77. The molecule has 148 valence electrons. The largest absolute Gasteiger partial charge is 0.353 e. The Morgan fingerprint density at radius 2 is 1.59 bits per heavy atom.